The van der Waals surface area contributed by atoms with Gasteiger partial charge in [0, 0.05) is 29.5 Å². The van der Waals surface area contributed by atoms with Crippen molar-refractivity contribution >= 4 is 23.1 Å². The third kappa shape index (κ3) is 1.83. The van der Waals surface area contributed by atoms with E-state index in [0.29, 0.717) is 4.64 Å². The number of nitrogens with zero attached hydrogens (tertiary/aromatic N) is 2. The van der Waals surface area contributed by atoms with Gasteiger partial charge in [0.15, 0.2) is 0 Å². The normalized spacial score (nSPS) is 10.6. The van der Waals surface area contributed by atoms with Crippen molar-refractivity contribution in [2.24, 2.45) is 0 Å². The summed E-state index contributed by atoms with van der Waals surface area (Å²) in [5.74, 6) is 0. The van der Waals surface area contributed by atoms with Crippen LogP contribution in [0.4, 0.5) is 0 Å². The first-order chi connectivity index (χ1) is 8.34. The van der Waals surface area contributed by atoms with Crippen molar-refractivity contribution in [3.05, 3.63) is 53.6 Å². The van der Waals surface area contributed by atoms with Crippen LogP contribution in [-0.2, 0) is 0 Å². The number of aromatic nitrogens is 3. The van der Waals surface area contributed by atoms with E-state index in [2.05, 4.69) is 15.0 Å². The van der Waals surface area contributed by atoms with Gasteiger partial charge >= 0.3 is 0 Å². The van der Waals surface area contributed by atoms with Gasteiger partial charge in [-0.15, -0.1) is 0 Å². The third-order valence-corrected chi connectivity index (χ3v) is 2.90. The van der Waals surface area contributed by atoms with Gasteiger partial charge in [-0.1, -0.05) is 30.4 Å². The molecule has 0 aliphatic heterocycles. The summed E-state index contributed by atoms with van der Waals surface area (Å²) in [6, 6.07) is 10.00. The second-order valence-electron chi connectivity index (χ2n) is 3.68. The summed E-state index contributed by atoms with van der Waals surface area (Å²) < 4.78 is 0.641. The fourth-order valence-corrected chi connectivity index (χ4v) is 2.01. The Kier molecular flexibility index (Phi) is 2.42. The van der Waals surface area contributed by atoms with Gasteiger partial charge in [-0.25, -0.2) is 0 Å². The molecule has 0 bridgehead atoms. The number of hydrogen-bond donors (Lipinski definition) is 1. The Morgan fingerprint density at radius 2 is 2.00 bits per heavy atom. The highest BCUT2D eigenvalue weighted by molar-refractivity contribution is 7.71. The van der Waals surface area contributed by atoms with Crippen LogP contribution >= 0.6 is 12.2 Å². The zero-order valence-corrected chi connectivity index (χ0v) is 9.74. The van der Waals surface area contributed by atoms with Crippen LogP contribution in [-0.4, -0.2) is 15.0 Å². The Hall–Kier alpha value is -2.07. The van der Waals surface area contributed by atoms with Crippen LogP contribution in [0, 0.1) is 4.64 Å². The molecule has 0 aliphatic rings. The lowest BCUT2D eigenvalue weighted by molar-refractivity contribution is 1.19. The molecule has 0 amide bonds. The summed E-state index contributed by atoms with van der Waals surface area (Å²) in [4.78, 5) is 11.6. The molecule has 0 unspecified atom stereocenters. The fourth-order valence-electron chi connectivity index (χ4n) is 1.77. The summed E-state index contributed by atoms with van der Waals surface area (Å²) in [6.45, 7) is 0. The van der Waals surface area contributed by atoms with Crippen molar-refractivity contribution in [3.8, 4) is 11.3 Å². The first kappa shape index (κ1) is 10.1. The van der Waals surface area contributed by atoms with Gasteiger partial charge in [0.05, 0.1) is 5.52 Å². The predicted octanol–water partition coefficient (Wildman–Crippen LogP) is 3.35. The van der Waals surface area contributed by atoms with Crippen LogP contribution in [0.3, 0.4) is 0 Å². The van der Waals surface area contributed by atoms with E-state index in [4.69, 9.17) is 12.2 Å². The Balaban J connectivity index is 2.25. The van der Waals surface area contributed by atoms with Crippen LogP contribution in [0.5, 0.6) is 0 Å². The van der Waals surface area contributed by atoms with Gasteiger partial charge in [-0.2, -0.15) is 0 Å². The molecule has 2 aromatic heterocycles. The van der Waals surface area contributed by atoms with Gasteiger partial charge in [0.2, 0.25) is 0 Å². The smallest absolute Gasteiger partial charge is 0.129 e. The number of hydrogen-bond acceptors (Lipinski definition) is 3. The molecule has 82 valence electrons. The summed E-state index contributed by atoms with van der Waals surface area (Å²) >= 11 is 5.22. The molecular weight excluding hydrogens is 230 g/mol. The number of H-pyrrole nitrogens is 1. The topological polar surface area (TPSA) is 41.6 Å². The average molecular weight is 239 g/mol. The van der Waals surface area contributed by atoms with Gasteiger partial charge < -0.3 is 4.98 Å². The molecule has 3 nitrogen and oxygen atoms in total. The van der Waals surface area contributed by atoms with Crippen molar-refractivity contribution in [2.45, 2.75) is 0 Å². The fraction of sp³-hybridized carbons (Fsp3) is 0. The van der Waals surface area contributed by atoms with E-state index >= 15 is 0 Å². The molecule has 1 aromatic carbocycles. The lowest BCUT2D eigenvalue weighted by Gasteiger charge is -2.02. The molecule has 4 heteroatoms. The maximum Gasteiger partial charge on any atom is 0.129 e. The second kappa shape index (κ2) is 4.07. The van der Waals surface area contributed by atoms with E-state index in [9.17, 15) is 0 Å². The first-order valence-corrected chi connectivity index (χ1v) is 5.64. The van der Waals surface area contributed by atoms with E-state index in [1.165, 1.54) is 0 Å². The number of pyridine rings is 1. The van der Waals surface area contributed by atoms with Gasteiger partial charge in [-0.05, 0) is 12.1 Å². The summed E-state index contributed by atoms with van der Waals surface area (Å²) in [6.07, 6.45) is 5.21. The Labute approximate surface area is 103 Å². The zero-order valence-electron chi connectivity index (χ0n) is 8.92. The van der Waals surface area contributed by atoms with Crippen molar-refractivity contribution < 1.29 is 0 Å². The molecule has 0 fully saturated rings. The summed E-state index contributed by atoms with van der Waals surface area (Å²) in [7, 11) is 0. The minimum Gasteiger partial charge on any atom is -0.350 e. The minimum absolute atomic E-state index is 0.641. The average Bonchev–Trinajstić information content (AvgIpc) is 2.39. The molecule has 0 radical (unpaired) electrons. The van der Waals surface area contributed by atoms with E-state index in [1.54, 1.807) is 18.6 Å². The number of nitrogens with one attached hydrogen (secondary N) is 1. The second-order valence-corrected chi connectivity index (χ2v) is 4.09. The highest BCUT2D eigenvalue weighted by Gasteiger charge is 2.02. The molecule has 17 heavy (non-hydrogen) atoms. The molecule has 2 heterocycles. The van der Waals surface area contributed by atoms with E-state index < -0.39 is 0 Å². The van der Waals surface area contributed by atoms with Crippen LogP contribution in [0.15, 0.2) is 48.9 Å². The molecular formula is C13H9N3S. The quantitative estimate of drug-likeness (QED) is 0.662. The zero-order chi connectivity index (χ0) is 11.7. The largest absolute Gasteiger partial charge is 0.350 e. The molecule has 0 saturated carbocycles. The molecule has 0 saturated heterocycles. The van der Waals surface area contributed by atoms with Crippen molar-refractivity contribution in [1.82, 2.24) is 15.0 Å². The molecule has 0 aliphatic carbocycles. The van der Waals surface area contributed by atoms with Gasteiger partial charge in [0.25, 0.3) is 0 Å². The molecule has 0 spiro atoms. The molecule has 3 aromatic rings. The van der Waals surface area contributed by atoms with Gasteiger partial charge in [-0.3, -0.25) is 9.97 Å². The van der Waals surface area contributed by atoms with E-state index in [0.717, 1.165) is 22.2 Å². The monoisotopic (exact) mass is 239 g/mol. The lowest BCUT2D eigenvalue weighted by Crippen LogP contribution is -1.87. The van der Waals surface area contributed by atoms with Crippen LogP contribution in [0.2, 0.25) is 0 Å². The SMILES string of the molecule is S=c1[nH]ccnc1-c1ccc2cccnc2c1. The van der Waals surface area contributed by atoms with Crippen LogP contribution in [0.1, 0.15) is 0 Å². The molecule has 1 N–H and O–H groups in total. The van der Waals surface area contributed by atoms with E-state index in [1.807, 2.05) is 30.3 Å². The number of benzene rings is 1. The number of fused-ring (bicyclic) bond motifs is 1. The van der Waals surface area contributed by atoms with Crippen LogP contribution < -0.4 is 0 Å². The molecule has 3 rings (SSSR count). The maximum atomic E-state index is 5.22. The van der Waals surface area contributed by atoms with E-state index in [-0.39, 0.29) is 0 Å². The molecule has 0 atom stereocenters. The van der Waals surface area contributed by atoms with Crippen molar-refractivity contribution in [3.63, 3.8) is 0 Å². The number of aromatic amines is 1. The van der Waals surface area contributed by atoms with Crippen molar-refractivity contribution in [1.29, 1.82) is 0 Å². The number of rotatable bonds is 1. The maximum absolute atomic E-state index is 5.22. The third-order valence-electron chi connectivity index (χ3n) is 2.59. The first-order valence-electron chi connectivity index (χ1n) is 5.23. The summed E-state index contributed by atoms with van der Waals surface area (Å²) in [5.41, 5.74) is 2.72. The minimum atomic E-state index is 0.641. The predicted molar refractivity (Wildman–Crippen MR) is 70.2 cm³/mol. The highest BCUT2D eigenvalue weighted by atomic mass is 32.1. The Bertz CT molecular complexity index is 734. The van der Waals surface area contributed by atoms with Gasteiger partial charge in [0.1, 0.15) is 10.3 Å². The Morgan fingerprint density at radius 3 is 2.88 bits per heavy atom. The summed E-state index contributed by atoms with van der Waals surface area (Å²) in [5, 5.41) is 1.11. The standard InChI is InChI=1S/C13H9N3S/c17-13-12(15-6-7-16-13)10-4-3-9-2-1-5-14-11(9)8-10/h1-8H,(H,16,17). The van der Waals surface area contributed by atoms with Crippen LogP contribution in [0.25, 0.3) is 22.2 Å². The lowest BCUT2D eigenvalue weighted by atomic mass is 10.1. The highest BCUT2D eigenvalue weighted by Crippen LogP contribution is 2.21. The van der Waals surface area contributed by atoms with Crippen molar-refractivity contribution in [2.75, 3.05) is 0 Å². The Morgan fingerprint density at radius 1 is 1.06 bits per heavy atom.